The Balaban J connectivity index is 1.65. The molecule has 0 spiro atoms. The van der Waals surface area contributed by atoms with Crippen molar-refractivity contribution in [2.24, 2.45) is 0 Å². The second kappa shape index (κ2) is 9.04. The third kappa shape index (κ3) is 3.42. The molecular weight excluding hydrogens is 476 g/mol. The van der Waals surface area contributed by atoms with E-state index < -0.39 is 5.41 Å². The Labute approximate surface area is 228 Å². The minimum absolute atomic E-state index is 0.561. The van der Waals surface area contributed by atoms with Crippen molar-refractivity contribution >= 4 is 21.5 Å². The maximum absolute atomic E-state index is 5.61. The summed E-state index contributed by atoms with van der Waals surface area (Å²) in [5.41, 5.74) is 6.85. The molecule has 0 fully saturated rings. The van der Waals surface area contributed by atoms with Gasteiger partial charge in [0.1, 0.15) is 11.5 Å². The van der Waals surface area contributed by atoms with Crippen molar-refractivity contribution in [1.82, 2.24) is 0 Å². The lowest BCUT2D eigenvalue weighted by molar-refractivity contribution is 0.482. The highest BCUT2D eigenvalue weighted by molar-refractivity contribution is 6.03. The van der Waals surface area contributed by atoms with Gasteiger partial charge in [-0.3, -0.25) is 0 Å². The van der Waals surface area contributed by atoms with E-state index in [2.05, 4.69) is 110 Å². The quantitative estimate of drug-likeness (QED) is 0.211. The van der Waals surface area contributed by atoms with Crippen molar-refractivity contribution in [3.8, 4) is 22.6 Å². The van der Waals surface area contributed by atoms with Gasteiger partial charge in [-0.05, 0) is 91.3 Å². The summed E-state index contributed by atoms with van der Waals surface area (Å²) in [6.45, 7) is 7.44. The van der Waals surface area contributed by atoms with E-state index in [9.17, 15) is 0 Å². The Morgan fingerprint density at radius 2 is 1.05 bits per heavy atom. The highest BCUT2D eigenvalue weighted by atomic mass is 16.5. The number of fused-ring (bicyclic) bond motifs is 6. The van der Waals surface area contributed by atoms with E-state index in [4.69, 9.17) is 9.47 Å². The number of rotatable bonds is 6. The van der Waals surface area contributed by atoms with Crippen LogP contribution in [-0.4, -0.2) is 0 Å². The van der Waals surface area contributed by atoms with E-state index >= 15 is 0 Å². The number of hydrogen-bond donors (Lipinski definition) is 0. The third-order valence-electron chi connectivity index (χ3n) is 7.90. The molecule has 0 saturated heterocycles. The summed E-state index contributed by atoms with van der Waals surface area (Å²) in [5, 5.41) is 4.91. The molecule has 0 radical (unpaired) electrons. The lowest BCUT2D eigenvalue weighted by Crippen LogP contribution is -2.29. The van der Waals surface area contributed by atoms with Crippen molar-refractivity contribution in [1.29, 1.82) is 0 Å². The molecule has 6 aromatic rings. The minimum atomic E-state index is -0.561. The highest BCUT2D eigenvalue weighted by Crippen LogP contribution is 2.59. The molecule has 0 saturated carbocycles. The maximum Gasteiger partial charge on any atom is 0.126 e. The van der Waals surface area contributed by atoms with Crippen LogP contribution in [0.1, 0.15) is 22.3 Å². The van der Waals surface area contributed by atoms with Crippen LogP contribution in [0.5, 0.6) is 11.5 Å². The molecule has 1 aliphatic carbocycles. The number of ether oxygens (including phenoxy) is 2. The second-order valence-electron chi connectivity index (χ2n) is 9.82. The van der Waals surface area contributed by atoms with Crippen LogP contribution in [-0.2, 0) is 5.41 Å². The molecule has 2 nitrogen and oxygen atoms in total. The zero-order valence-electron chi connectivity index (χ0n) is 21.4. The number of hydrogen-bond acceptors (Lipinski definition) is 2. The predicted octanol–water partition coefficient (Wildman–Crippen LogP) is 9.40. The molecule has 0 heterocycles. The van der Waals surface area contributed by atoms with E-state index in [1.54, 1.807) is 0 Å². The minimum Gasteiger partial charge on any atom is -0.466 e. The van der Waals surface area contributed by atoms with Crippen molar-refractivity contribution < 1.29 is 9.47 Å². The average molecular weight is 503 g/mol. The van der Waals surface area contributed by atoms with Crippen LogP contribution in [0.2, 0.25) is 0 Å². The van der Waals surface area contributed by atoms with Crippen molar-refractivity contribution in [2.75, 3.05) is 0 Å². The van der Waals surface area contributed by atoms with Crippen LogP contribution in [0.15, 0.2) is 147 Å². The summed E-state index contributed by atoms with van der Waals surface area (Å²) in [6, 6.07) is 43.4. The van der Waals surface area contributed by atoms with E-state index in [0.717, 1.165) is 11.5 Å². The molecule has 0 N–H and O–H groups in total. The van der Waals surface area contributed by atoms with E-state index in [1.807, 2.05) is 24.3 Å². The van der Waals surface area contributed by atoms with Crippen LogP contribution in [0, 0.1) is 0 Å². The molecule has 186 valence electrons. The maximum atomic E-state index is 5.61. The van der Waals surface area contributed by atoms with Crippen LogP contribution in [0.3, 0.4) is 0 Å². The molecule has 0 aromatic heterocycles. The van der Waals surface area contributed by atoms with Gasteiger partial charge in [-0.1, -0.05) is 98.1 Å². The summed E-state index contributed by atoms with van der Waals surface area (Å²) in [7, 11) is 0. The molecular formula is C37H26O2. The van der Waals surface area contributed by atoms with Gasteiger partial charge in [0.2, 0.25) is 0 Å². The zero-order valence-corrected chi connectivity index (χ0v) is 21.4. The first-order chi connectivity index (χ1) is 19.2. The average Bonchev–Trinajstić information content (AvgIpc) is 3.27. The van der Waals surface area contributed by atoms with Gasteiger partial charge in [0.15, 0.2) is 0 Å². The summed E-state index contributed by atoms with van der Waals surface area (Å²) >= 11 is 0. The van der Waals surface area contributed by atoms with Gasteiger partial charge in [-0.2, -0.15) is 0 Å². The van der Waals surface area contributed by atoms with Crippen LogP contribution < -0.4 is 9.47 Å². The fourth-order valence-corrected chi connectivity index (χ4v) is 6.33. The molecule has 0 bridgehead atoms. The van der Waals surface area contributed by atoms with Gasteiger partial charge in [-0.25, -0.2) is 0 Å². The topological polar surface area (TPSA) is 18.5 Å². The first-order valence-corrected chi connectivity index (χ1v) is 13.1. The van der Waals surface area contributed by atoms with Crippen LogP contribution in [0.4, 0.5) is 0 Å². The normalized spacial score (nSPS) is 13.0. The van der Waals surface area contributed by atoms with Crippen molar-refractivity contribution in [3.63, 3.8) is 0 Å². The first kappa shape index (κ1) is 23.1. The Hall–Kier alpha value is -5.08. The third-order valence-corrected chi connectivity index (χ3v) is 7.90. The van der Waals surface area contributed by atoms with E-state index in [-0.39, 0.29) is 0 Å². The van der Waals surface area contributed by atoms with E-state index in [0.29, 0.717) is 0 Å². The molecule has 2 heteroatoms. The lowest BCUT2D eigenvalue weighted by Gasteiger charge is -2.35. The second-order valence-corrected chi connectivity index (χ2v) is 9.82. The molecule has 39 heavy (non-hydrogen) atoms. The van der Waals surface area contributed by atoms with Gasteiger partial charge in [-0.15, -0.1) is 0 Å². The molecule has 7 rings (SSSR count). The van der Waals surface area contributed by atoms with Crippen molar-refractivity contribution in [3.05, 3.63) is 169 Å². The first-order valence-electron chi connectivity index (χ1n) is 13.1. The van der Waals surface area contributed by atoms with Crippen LogP contribution >= 0.6 is 0 Å². The predicted molar refractivity (Wildman–Crippen MR) is 160 cm³/mol. The molecule has 0 atom stereocenters. The summed E-state index contributed by atoms with van der Waals surface area (Å²) in [4.78, 5) is 0. The summed E-state index contributed by atoms with van der Waals surface area (Å²) < 4.78 is 11.2. The number of benzene rings is 6. The van der Waals surface area contributed by atoms with Gasteiger partial charge >= 0.3 is 0 Å². The summed E-state index contributed by atoms with van der Waals surface area (Å²) in [5.74, 6) is 1.52. The van der Waals surface area contributed by atoms with Crippen LogP contribution in [0.25, 0.3) is 32.7 Å². The van der Waals surface area contributed by atoms with Gasteiger partial charge in [0.25, 0.3) is 0 Å². The highest BCUT2D eigenvalue weighted by Gasteiger charge is 2.47. The fraction of sp³-hybridized carbons (Fsp3) is 0.0270. The molecule has 0 amide bonds. The Morgan fingerprint density at radius 1 is 0.513 bits per heavy atom. The largest absolute Gasteiger partial charge is 0.466 e. The van der Waals surface area contributed by atoms with Gasteiger partial charge in [0, 0.05) is 0 Å². The monoisotopic (exact) mass is 502 g/mol. The lowest BCUT2D eigenvalue weighted by atomic mass is 9.66. The SMILES string of the molecule is C=COc1ccc(C2(c3ccc(OC=C)cc3)c3cc4ccccc4cc3-c3ccc4ccccc4c32)cc1. The molecule has 1 aliphatic rings. The van der Waals surface area contributed by atoms with Gasteiger partial charge < -0.3 is 9.47 Å². The molecule has 0 aliphatic heterocycles. The van der Waals surface area contributed by atoms with E-state index in [1.165, 1.54) is 67.4 Å². The Kier molecular flexibility index (Phi) is 5.35. The summed E-state index contributed by atoms with van der Waals surface area (Å²) in [6.07, 6.45) is 2.92. The Bertz CT molecular complexity index is 1830. The van der Waals surface area contributed by atoms with Crippen molar-refractivity contribution in [2.45, 2.75) is 5.41 Å². The standard InChI is InChI=1S/C37H26O2/c1-3-38-30-18-14-28(15-19-30)37(29-16-20-31(21-17-29)39-4-2)35-24-27-11-6-5-10-26(27)23-34(35)33-22-13-25-9-7-8-12-32(25)36(33)37/h3-24H,1-2H2. The fourth-order valence-electron chi connectivity index (χ4n) is 6.33. The Morgan fingerprint density at radius 3 is 1.64 bits per heavy atom. The van der Waals surface area contributed by atoms with Gasteiger partial charge in [0.05, 0.1) is 17.9 Å². The zero-order chi connectivity index (χ0) is 26.4. The molecule has 0 unspecified atom stereocenters. The smallest absolute Gasteiger partial charge is 0.126 e. The molecule has 6 aromatic carbocycles.